The average Bonchev–Trinajstić information content (AvgIpc) is 2.93. The van der Waals surface area contributed by atoms with Gasteiger partial charge in [0.15, 0.2) is 0 Å². The molecule has 0 radical (unpaired) electrons. The van der Waals surface area contributed by atoms with Gasteiger partial charge < -0.3 is 15.7 Å². The molecule has 0 bridgehead atoms. The highest BCUT2D eigenvalue weighted by molar-refractivity contribution is 5.74. The first kappa shape index (κ1) is 12.5. The van der Waals surface area contributed by atoms with E-state index in [-0.39, 0.29) is 6.04 Å². The summed E-state index contributed by atoms with van der Waals surface area (Å²) in [5.74, 6) is -0.479. The zero-order valence-electron chi connectivity index (χ0n) is 9.13. The molecule has 3 N–H and O–H groups in total. The van der Waals surface area contributed by atoms with Gasteiger partial charge in [0.1, 0.15) is 6.04 Å². The number of alkyl halides is 3. The number of carbonyl (C=O) groups excluding carboxylic acids is 1. The number of carbonyl (C=O) groups is 1. The minimum absolute atomic E-state index is 0.210. The van der Waals surface area contributed by atoms with Crippen LogP contribution in [0, 0.1) is 5.92 Å². The highest BCUT2D eigenvalue weighted by Crippen LogP contribution is 2.40. The quantitative estimate of drug-likeness (QED) is 0.705. The van der Waals surface area contributed by atoms with Gasteiger partial charge in [0, 0.05) is 6.04 Å². The summed E-state index contributed by atoms with van der Waals surface area (Å²) >= 11 is 0. The molecular formula is C10H15F3N2O2. The molecule has 7 heteroatoms. The van der Waals surface area contributed by atoms with E-state index in [0.29, 0.717) is 25.7 Å². The monoisotopic (exact) mass is 252 g/mol. The Labute approximate surface area is 96.6 Å². The van der Waals surface area contributed by atoms with Crippen LogP contribution in [0.25, 0.3) is 0 Å². The molecule has 0 aliphatic heterocycles. The Balaban J connectivity index is 1.79. The molecule has 0 aromatic heterocycles. The van der Waals surface area contributed by atoms with Crippen LogP contribution in [-0.2, 0) is 0 Å². The van der Waals surface area contributed by atoms with Crippen molar-refractivity contribution >= 4 is 6.03 Å². The SMILES string of the molecule is O=C(NC1CC(O)C1)NC(C1CC1)C(F)(F)F. The molecule has 0 spiro atoms. The van der Waals surface area contributed by atoms with Crippen LogP contribution in [0.15, 0.2) is 0 Å². The smallest absolute Gasteiger partial charge is 0.393 e. The number of hydrogen-bond donors (Lipinski definition) is 3. The van der Waals surface area contributed by atoms with E-state index in [1.165, 1.54) is 0 Å². The van der Waals surface area contributed by atoms with E-state index >= 15 is 0 Å². The minimum atomic E-state index is -4.39. The van der Waals surface area contributed by atoms with E-state index in [2.05, 4.69) is 5.32 Å². The van der Waals surface area contributed by atoms with Crippen molar-refractivity contribution in [2.24, 2.45) is 5.92 Å². The molecule has 4 nitrogen and oxygen atoms in total. The van der Waals surface area contributed by atoms with Crippen molar-refractivity contribution in [3.63, 3.8) is 0 Å². The zero-order valence-corrected chi connectivity index (χ0v) is 9.13. The molecule has 17 heavy (non-hydrogen) atoms. The maximum absolute atomic E-state index is 12.6. The lowest BCUT2D eigenvalue weighted by Gasteiger charge is -2.32. The molecule has 2 saturated carbocycles. The number of aliphatic hydroxyl groups is 1. The Morgan fingerprint density at radius 3 is 2.29 bits per heavy atom. The standard InChI is InChI=1S/C10H15F3N2O2/c11-10(12,13)8(5-1-2-5)15-9(17)14-6-3-7(16)4-6/h5-8,16H,1-4H2,(H2,14,15,17). The van der Waals surface area contributed by atoms with E-state index in [1.54, 1.807) is 0 Å². The predicted molar refractivity (Wildman–Crippen MR) is 53.3 cm³/mol. The fraction of sp³-hybridized carbons (Fsp3) is 0.900. The zero-order chi connectivity index (χ0) is 12.6. The summed E-state index contributed by atoms with van der Waals surface area (Å²) in [5, 5.41) is 13.4. The molecule has 2 fully saturated rings. The first-order chi connectivity index (χ1) is 7.86. The van der Waals surface area contributed by atoms with Gasteiger partial charge in [-0.1, -0.05) is 0 Å². The average molecular weight is 252 g/mol. The lowest BCUT2D eigenvalue weighted by molar-refractivity contribution is -0.157. The van der Waals surface area contributed by atoms with Gasteiger partial charge in [-0.25, -0.2) is 4.79 Å². The van der Waals surface area contributed by atoms with Crippen LogP contribution in [0.4, 0.5) is 18.0 Å². The number of urea groups is 1. The van der Waals surface area contributed by atoms with Crippen molar-refractivity contribution in [2.75, 3.05) is 0 Å². The van der Waals surface area contributed by atoms with Gasteiger partial charge >= 0.3 is 12.2 Å². The molecule has 0 heterocycles. The maximum atomic E-state index is 12.6. The lowest BCUT2D eigenvalue weighted by atomic mass is 9.90. The summed E-state index contributed by atoms with van der Waals surface area (Å²) in [6.45, 7) is 0. The lowest BCUT2D eigenvalue weighted by Crippen LogP contribution is -2.55. The maximum Gasteiger partial charge on any atom is 0.408 e. The van der Waals surface area contributed by atoms with Crippen molar-refractivity contribution in [1.29, 1.82) is 0 Å². The normalized spacial score (nSPS) is 30.4. The molecule has 2 aliphatic rings. The molecule has 1 unspecified atom stereocenters. The van der Waals surface area contributed by atoms with Crippen molar-refractivity contribution in [3.8, 4) is 0 Å². The van der Waals surface area contributed by atoms with E-state index in [1.807, 2.05) is 5.32 Å². The second-order valence-corrected chi connectivity index (χ2v) is 4.80. The van der Waals surface area contributed by atoms with Gasteiger partial charge in [-0.3, -0.25) is 0 Å². The topological polar surface area (TPSA) is 61.4 Å². The van der Waals surface area contributed by atoms with Crippen molar-refractivity contribution in [1.82, 2.24) is 10.6 Å². The Morgan fingerprint density at radius 1 is 1.29 bits per heavy atom. The van der Waals surface area contributed by atoms with Gasteiger partial charge in [-0.2, -0.15) is 13.2 Å². The number of aliphatic hydroxyl groups excluding tert-OH is 1. The highest BCUT2D eigenvalue weighted by atomic mass is 19.4. The second kappa shape index (κ2) is 4.36. The third kappa shape index (κ3) is 3.24. The van der Waals surface area contributed by atoms with Gasteiger partial charge in [0.2, 0.25) is 0 Å². The summed E-state index contributed by atoms with van der Waals surface area (Å²) in [7, 11) is 0. The van der Waals surface area contributed by atoms with Crippen LogP contribution in [0.2, 0.25) is 0 Å². The van der Waals surface area contributed by atoms with Gasteiger partial charge in [-0.15, -0.1) is 0 Å². The Morgan fingerprint density at radius 2 is 1.88 bits per heavy atom. The summed E-state index contributed by atoms with van der Waals surface area (Å²) < 4.78 is 37.8. The summed E-state index contributed by atoms with van der Waals surface area (Å²) in [6.07, 6.45) is -3.00. The fourth-order valence-electron chi connectivity index (χ4n) is 1.97. The Bertz CT molecular complexity index is 298. The van der Waals surface area contributed by atoms with E-state index < -0.39 is 30.3 Å². The summed E-state index contributed by atoms with van der Waals surface area (Å²) in [5.41, 5.74) is 0. The predicted octanol–water partition coefficient (Wildman–Crippen LogP) is 1.15. The third-order valence-corrected chi connectivity index (χ3v) is 3.18. The van der Waals surface area contributed by atoms with E-state index in [4.69, 9.17) is 5.11 Å². The molecule has 98 valence electrons. The number of amides is 2. The molecule has 2 aliphatic carbocycles. The van der Waals surface area contributed by atoms with E-state index in [0.717, 1.165) is 0 Å². The molecule has 1 atom stereocenters. The Hall–Kier alpha value is -0.980. The second-order valence-electron chi connectivity index (χ2n) is 4.80. The van der Waals surface area contributed by atoms with E-state index in [9.17, 15) is 18.0 Å². The van der Waals surface area contributed by atoms with Crippen LogP contribution in [0.3, 0.4) is 0 Å². The fourth-order valence-corrected chi connectivity index (χ4v) is 1.97. The number of nitrogens with one attached hydrogen (secondary N) is 2. The van der Waals surface area contributed by atoms with Gasteiger partial charge in [-0.05, 0) is 31.6 Å². The van der Waals surface area contributed by atoms with Gasteiger partial charge in [0.25, 0.3) is 0 Å². The first-order valence-electron chi connectivity index (χ1n) is 5.68. The number of rotatable bonds is 3. The van der Waals surface area contributed by atoms with Crippen molar-refractivity contribution < 1.29 is 23.1 Å². The summed E-state index contributed by atoms with van der Waals surface area (Å²) in [6, 6.07) is -2.75. The van der Waals surface area contributed by atoms with Gasteiger partial charge in [0.05, 0.1) is 6.10 Å². The van der Waals surface area contributed by atoms with Crippen molar-refractivity contribution in [2.45, 2.75) is 50.0 Å². The molecule has 2 amide bonds. The largest absolute Gasteiger partial charge is 0.408 e. The highest BCUT2D eigenvalue weighted by Gasteiger charge is 2.49. The molecular weight excluding hydrogens is 237 g/mol. The molecule has 0 aromatic carbocycles. The first-order valence-corrected chi connectivity index (χ1v) is 5.68. The van der Waals surface area contributed by atoms with Crippen LogP contribution in [0.5, 0.6) is 0 Å². The Kier molecular flexibility index (Phi) is 3.20. The van der Waals surface area contributed by atoms with Crippen LogP contribution >= 0.6 is 0 Å². The van der Waals surface area contributed by atoms with Crippen LogP contribution in [-0.4, -0.2) is 35.5 Å². The van der Waals surface area contributed by atoms with Crippen LogP contribution < -0.4 is 10.6 Å². The third-order valence-electron chi connectivity index (χ3n) is 3.18. The number of halogens is 3. The van der Waals surface area contributed by atoms with Crippen molar-refractivity contribution in [3.05, 3.63) is 0 Å². The molecule has 0 saturated heterocycles. The minimum Gasteiger partial charge on any atom is -0.393 e. The number of hydrogen-bond acceptors (Lipinski definition) is 2. The summed E-state index contributed by atoms with van der Waals surface area (Å²) in [4.78, 5) is 11.3. The molecule has 0 aromatic rings. The molecule has 2 rings (SSSR count). The van der Waals surface area contributed by atoms with Crippen LogP contribution in [0.1, 0.15) is 25.7 Å².